The Morgan fingerprint density at radius 2 is 2.32 bits per heavy atom. The molecule has 1 aromatic rings. The summed E-state index contributed by atoms with van der Waals surface area (Å²) in [6, 6.07) is 5.17. The molecule has 1 N–H and O–H groups in total. The number of hydrogen-bond donors (Lipinski definition) is 1. The van der Waals surface area contributed by atoms with Gasteiger partial charge in [0.25, 0.3) is 0 Å². The van der Waals surface area contributed by atoms with E-state index in [-0.39, 0.29) is 17.7 Å². The molecule has 19 heavy (non-hydrogen) atoms. The van der Waals surface area contributed by atoms with Crippen molar-refractivity contribution < 1.29 is 14.6 Å². The summed E-state index contributed by atoms with van der Waals surface area (Å²) in [5, 5.41) is 9.44. The molecule has 0 aromatic heterocycles. The summed E-state index contributed by atoms with van der Waals surface area (Å²) in [7, 11) is 0. The average molecular weight is 284 g/mol. The maximum absolute atomic E-state index is 10.9. The van der Waals surface area contributed by atoms with Crippen molar-refractivity contribution in [1.82, 2.24) is 0 Å². The van der Waals surface area contributed by atoms with Crippen molar-refractivity contribution >= 4 is 23.3 Å². The molecule has 1 fully saturated rings. The zero-order valence-corrected chi connectivity index (χ0v) is 11.9. The van der Waals surface area contributed by atoms with Gasteiger partial charge in [0, 0.05) is 6.54 Å². The minimum atomic E-state index is -0.962. The monoisotopic (exact) mass is 283 g/mol. The number of halogens is 1. The van der Waals surface area contributed by atoms with Gasteiger partial charge in [0.15, 0.2) is 0 Å². The molecule has 1 heterocycles. The Morgan fingerprint density at radius 1 is 1.58 bits per heavy atom. The van der Waals surface area contributed by atoms with Crippen molar-refractivity contribution in [3.63, 3.8) is 0 Å². The van der Waals surface area contributed by atoms with Gasteiger partial charge in [0.1, 0.15) is 0 Å². The van der Waals surface area contributed by atoms with Crippen LogP contribution >= 0.6 is 11.6 Å². The van der Waals surface area contributed by atoms with Crippen LogP contribution in [0.1, 0.15) is 30.6 Å². The third-order valence-electron chi connectivity index (χ3n) is 3.44. The lowest BCUT2D eigenvalue weighted by molar-refractivity contribution is 0.0299. The highest BCUT2D eigenvalue weighted by Gasteiger charge is 2.27. The maximum atomic E-state index is 10.9. The lowest BCUT2D eigenvalue weighted by Crippen LogP contribution is -2.48. The first kappa shape index (κ1) is 14.2. The van der Waals surface area contributed by atoms with Crippen LogP contribution in [0, 0.1) is 0 Å². The van der Waals surface area contributed by atoms with Gasteiger partial charge in [-0.3, -0.25) is 0 Å². The highest BCUT2D eigenvalue weighted by Crippen LogP contribution is 2.31. The SMILES string of the molecule is CCC1COC(C)CN1c1ccc(C(=O)O)cc1Cl. The molecule has 0 saturated carbocycles. The van der Waals surface area contributed by atoms with Crippen LogP contribution in [0.5, 0.6) is 0 Å². The van der Waals surface area contributed by atoms with Crippen LogP contribution < -0.4 is 4.90 Å². The van der Waals surface area contributed by atoms with Gasteiger partial charge in [-0.15, -0.1) is 0 Å². The van der Waals surface area contributed by atoms with Gasteiger partial charge < -0.3 is 14.7 Å². The van der Waals surface area contributed by atoms with Crippen molar-refractivity contribution in [1.29, 1.82) is 0 Å². The quantitative estimate of drug-likeness (QED) is 0.926. The Kier molecular flexibility index (Phi) is 4.32. The molecule has 1 saturated heterocycles. The summed E-state index contributed by atoms with van der Waals surface area (Å²) in [6.07, 6.45) is 1.11. The fourth-order valence-corrected chi connectivity index (χ4v) is 2.64. The van der Waals surface area contributed by atoms with E-state index in [2.05, 4.69) is 11.8 Å². The minimum absolute atomic E-state index is 0.151. The van der Waals surface area contributed by atoms with Crippen LogP contribution in [0.4, 0.5) is 5.69 Å². The largest absolute Gasteiger partial charge is 0.478 e. The smallest absolute Gasteiger partial charge is 0.335 e. The maximum Gasteiger partial charge on any atom is 0.335 e. The third kappa shape index (κ3) is 3.01. The van der Waals surface area contributed by atoms with E-state index in [1.807, 2.05) is 6.92 Å². The predicted molar refractivity (Wildman–Crippen MR) is 75.3 cm³/mol. The van der Waals surface area contributed by atoms with E-state index in [0.29, 0.717) is 11.6 Å². The van der Waals surface area contributed by atoms with Crippen molar-refractivity contribution in [3.8, 4) is 0 Å². The Labute approximate surface area is 117 Å². The number of hydrogen-bond acceptors (Lipinski definition) is 3. The summed E-state index contributed by atoms with van der Waals surface area (Å²) < 4.78 is 5.66. The zero-order valence-electron chi connectivity index (χ0n) is 11.1. The van der Waals surface area contributed by atoms with E-state index in [1.54, 1.807) is 12.1 Å². The van der Waals surface area contributed by atoms with Gasteiger partial charge >= 0.3 is 5.97 Å². The molecule has 0 amide bonds. The number of anilines is 1. The molecular weight excluding hydrogens is 266 g/mol. The van der Waals surface area contributed by atoms with Crippen molar-refractivity contribution in [2.45, 2.75) is 32.4 Å². The molecule has 0 radical (unpaired) electrons. The fourth-order valence-electron chi connectivity index (χ4n) is 2.35. The molecule has 2 rings (SSSR count). The fraction of sp³-hybridized carbons (Fsp3) is 0.500. The zero-order chi connectivity index (χ0) is 14.0. The Balaban J connectivity index is 2.31. The summed E-state index contributed by atoms with van der Waals surface area (Å²) in [6.45, 7) is 5.58. The van der Waals surface area contributed by atoms with Gasteiger partial charge in [0.05, 0.1) is 35.0 Å². The lowest BCUT2D eigenvalue weighted by Gasteiger charge is -2.40. The van der Waals surface area contributed by atoms with Crippen molar-refractivity contribution in [3.05, 3.63) is 28.8 Å². The molecule has 1 aromatic carbocycles. The number of nitrogens with zero attached hydrogens (tertiary/aromatic N) is 1. The number of benzene rings is 1. The first-order chi connectivity index (χ1) is 9.02. The number of carbonyl (C=O) groups is 1. The van der Waals surface area contributed by atoms with Crippen LogP contribution in [0.3, 0.4) is 0 Å². The average Bonchev–Trinajstić information content (AvgIpc) is 2.38. The topological polar surface area (TPSA) is 49.8 Å². The summed E-state index contributed by atoms with van der Waals surface area (Å²) in [5.74, 6) is -0.962. The summed E-state index contributed by atoms with van der Waals surface area (Å²) in [4.78, 5) is 13.1. The summed E-state index contributed by atoms with van der Waals surface area (Å²) in [5.41, 5.74) is 1.09. The molecule has 1 aliphatic heterocycles. The Hall–Kier alpha value is -1.26. The molecule has 2 atom stereocenters. The predicted octanol–water partition coefficient (Wildman–Crippen LogP) is 3.04. The molecule has 104 valence electrons. The second kappa shape index (κ2) is 5.80. The van der Waals surface area contributed by atoms with Crippen LogP contribution in [0.15, 0.2) is 18.2 Å². The molecule has 0 spiro atoms. The van der Waals surface area contributed by atoms with E-state index < -0.39 is 5.97 Å². The second-order valence-electron chi connectivity index (χ2n) is 4.83. The Bertz CT molecular complexity index is 478. The van der Waals surface area contributed by atoms with Crippen LogP contribution in [0.2, 0.25) is 5.02 Å². The number of rotatable bonds is 3. The lowest BCUT2D eigenvalue weighted by atomic mass is 10.1. The summed E-state index contributed by atoms with van der Waals surface area (Å²) >= 11 is 6.23. The van der Waals surface area contributed by atoms with Gasteiger partial charge in [-0.2, -0.15) is 0 Å². The van der Waals surface area contributed by atoms with Crippen LogP contribution in [0.25, 0.3) is 0 Å². The number of carboxylic acids is 1. The van der Waals surface area contributed by atoms with Gasteiger partial charge in [-0.05, 0) is 31.5 Å². The number of carboxylic acid groups (broad SMARTS) is 1. The van der Waals surface area contributed by atoms with E-state index in [4.69, 9.17) is 21.4 Å². The molecule has 4 nitrogen and oxygen atoms in total. The minimum Gasteiger partial charge on any atom is -0.478 e. The van der Waals surface area contributed by atoms with Gasteiger partial charge in [-0.25, -0.2) is 4.79 Å². The normalized spacial score (nSPS) is 23.4. The van der Waals surface area contributed by atoms with Gasteiger partial charge in [0.2, 0.25) is 0 Å². The molecule has 1 aliphatic rings. The van der Waals surface area contributed by atoms with E-state index in [1.165, 1.54) is 6.07 Å². The van der Waals surface area contributed by atoms with Gasteiger partial charge in [-0.1, -0.05) is 18.5 Å². The molecular formula is C14H18ClNO3. The number of aromatic carboxylic acids is 1. The van der Waals surface area contributed by atoms with E-state index in [9.17, 15) is 4.79 Å². The molecule has 0 aliphatic carbocycles. The molecule has 2 unspecified atom stereocenters. The van der Waals surface area contributed by atoms with E-state index in [0.717, 1.165) is 18.7 Å². The highest BCUT2D eigenvalue weighted by molar-refractivity contribution is 6.33. The second-order valence-corrected chi connectivity index (χ2v) is 5.24. The van der Waals surface area contributed by atoms with Crippen molar-refractivity contribution in [2.24, 2.45) is 0 Å². The Morgan fingerprint density at radius 3 is 2.89 bits per heavy atom. The molecule has 5 heteroatoms. The standard InChI is InChI=1S/C14H18ClNO3/c1-3-11-8-19-9(2)7-16(11)13-5-4-10(14(17)18)6-12(13)15/h4-6,9,11H,3,7-8H2,1-2H3,(H,17,18). The number of morpholine rings is 1. The first-order valence-electron chi connectivity index (χ1n) is 6.44. The van der Waals surface area contributed by atoms with Crippen LogP contribution in [-0.4, -0.2) is 36.4 Å². The highest BCUT2D eigenvalue weighted by atomic mass is 35.5. The van der Waals surface area contributed by atoms with E-state index >= 15 is 0 Å². The van der Waals surface area contributed by atoms with Crippen LogP contribution in [-0.2, 0) is 4.74 Å². The first-order valence-corrected chi connectivity index (χ1v) is 6.81. The number of ether oxygens (including phenoxy) is 1. The van der Waals surface area contributed by atoms with Crippen molar-refractivity contribution in [2.75, 3.05) is 18.1 Å². The molecule has 0 bridgehead atoms. The third-order valence-corrected chi connectivity index (χ3v) is 3.75.